The Labute approximate surface area is 131 Å². The summed E-state index contributed by atoms with van der Waals surface area (Å²) in [6.07, 6.45) is 3.46. The molecule has 0 radical (unpaired) electrons. The number of hydrogen-bond donors (Lipinski definition) is 1. The maximum Gasteiger partial charge on any atom is 0.287 e. The lowest BCUT2D eigenvalue weighted by Gasteiger charge is -2.06. The molecule has 0 bridgehead atoms. The van der Waals surface area contributed by atoms with Crippen LogP contribution in [0.4, 0.5) is 0 Å². The van der Waals surface area contributed by atoms with E-state index in [9.17, 15) is 9.59 Å². The highest BCUT2D eigenvalue weighted by Crippen LogP contribution is 2.19. The number of carbonyl (C=O) groups is 1. The Morgan fingerprint density at radius 2 is 2.26 bits per heavy atom. The van der Waals surface area contributed by atoms with Crippen LogP contribution in [0.5, 0.6) is 5.75 Å². The summed E-state index contributed by atoms with van der Waals surface area (Å²) in [6, 6.07) is 7.86. The molecule has 0 unspecified atom stereocenters. The molecule has 0 aliphatic heterocycles. The lowest BCUT2D eigenvalue weighted by molar-refractivity contribution is 0.0924. The number of ether oxygens (including phenoxy) is 1. The summed E-state index contributed by atoms with van der Waals surface area (Å²) in [7, 11) is 1.52. The molecule has 1 aromatic carbocycles. The van der Waals surface area contributed by atoms with E-state index in [1.807, 2.05) is 0 Å². The van der Waals surface area contributed by atoms with Gasteiger partial charge in [-0.05, 0) is 18.2 Å². The number of methoxy groups -OCH3 is 1. The van der Waals surface area contributed by atoms with Gasteiger partial charge in [0.1, 0.15) is 11.3 Å². The number of benzene rings is 1. The normalized spacial score (nSPS) is 10.7. The number of nitrogens with zero attached hydrogens (tertiary/aromatic N) is 2. The fraction of sp³-hybridized carbons (Fsp3) is 0.188. The summed E-state index contributed by atoms with van der Waals surface area (Å²) in [4.78, 5) is 24.2. The molecule has 1 amide bonds. The van der Waals surface area contributed by atoms with Gasteiger partial charge in [0.15, 0.2) is 11.2 Å². The van der Waals surface area contributed by atoms with Gasteiger partial charge in [-0.1, -0.05) is 0 Å². The Bertz CT molecular complexity index is 884. The van der Waals surface area contributed by atoms with Crippen molar-refractivity contribution in [1.82, 2.24) is 15.1 Å². The molecule has 23 heavy (non-hydrogen) atoms. The SMILES string of the molecule is COc1ccc2c(=O)cc(C(=O)NCCn3cccn3)oc2c1. The molecular weight excluding hydrogens is 298 g/mol. The number of rotatable bonds is 5. The minimum atomic E-state index is -0.445. The Hall–Kier alpha value is -3.09. The molecule has 7 nitrogen and oxygen atoms in total. The van der Waals surface area contributed by atoms with Gasteiger partial charge >= 0.3 is 0 Å². The Morgan fingerprint density at radius 3 is 3.00 bits per heavy atom. The number of fused-ring (bicyclic) bond motifs is 1. The van der Waals surface area contributed by atoms with E-state index in [4.69, 9.17) is 9.15 Å². The zero-order valence-electron chi connectivity index (χ0n) is 12.5. The van der Waals surface area contributed by atoms with Crippen molar-refractivity contribution >= 4 is 16.9 Å². The highest BCUT2D eigenvalue weighted by atomic mass is 16.5. The first-order valence-corrected chi connectivity index (χ1v) is 7.05. The lowest BCUT2D eigenvalue weighted by Crippen LogP contribution is -2.28. The van der Waals surface area contributed by atoms with Crippen molar-refractivity contribution in [1.29, 1.82) is 0 Å². The summed E-state index contributed by atoms with van der Waals surface area (Å²) in [5.74, 6) is 0.0760. The number of nitrogens with one attached hydrogen (secondary N) is 1. The predicted molar refractivity (Wildman–Crippen MR) is 83.6 cm³/mol. The van der Waals surface area contributed by atoms with E-state index in [0.29, 0.717) is 29.8 Å². The monoisotopic (exact) mass is 313 g/mol. The van der Waals surface area contributed by atoms with E-state index >= 15 is 0 Å². The first-order chi connectivity index (χ1) is 11.2. The molecule has 2 aromatic heterocycles. The second kappa shape index (κ2) is 6.35. The minimum Gasteiger partial charge on any atom is -0.497 e. The van der Waals surface area contributed by atoms with Crippen molar-refractivity contribution in [2.24, 2.45) is 0 Å². The third kappa shape index (κ3) is 3.23. The molecule has 0 aliphatic rings. The molecule has 0 fully saturated rings. The third-order valence-corrected chi connectivity index (χ3v) is 3.35. The largest absolute Gasteiger partial charge is 0.497 e. The van der Waals surface area contributed by atoms with Crippen molar-refractivity contribution in [2.75, 3.05) is 13.7 Å². The van der Waals surface area contributed by atoms with Gasteiger partial charge in [-0.15, -0.1) is 0 Å². The van der Waals surface area contributed by atoms with Crippen LogP contribution in [0, 0.1) is 0 Å². The van der Waals surface area contributed by atoms with Crippen LogP contribution in [0.25, 0.3) is 11.0 Å². The summed E-state index contributed by atoms with van der Waals surface area (Å²) in [6.45, 7) is 0.907. The number of aromatic nitrogens is 2. The number of hydrogen-bond acceptors (Lipinski definition) is 5. The van der Waals surface area contributed by atoms with Crippen LogP contribution in [-0.2, 0) is 6.54 Å². The number of carbonyl (C=O) groups excluding carboxylic acids is 1. The molecular formula is C16H15N3O4. The maximum absolute atomic E-state index is 12.1. The molecule has 2 heterocycles. The van der Waals surface area contributed by atoms with Gasteiger partial charge in [-0.2, -0.15) is 5.10 Å². The van der Waals surface area contributed by atoms with Crippen molar-refractivity contribution in [3.05, 3.63) is 58.7 Å². The molecule has 3 aromatic rings. The predicted octanol–water partition coefficient (Wildman–Crippen LogP) is 1.43. The third-order valence-electron chi connectivity index (χ3n) is 3.35. The molecule has 0 saturated carbocycles. The van der Waals surface area contributed by atoms with Crippen LogP contribution in [0.1, 0.15) is 10.6 Å². The zero-order chi connectivity index (χ0) is 16.2. The van der Waals surface area contributed by atoms with Crippen LogP contribution in [0.15, 0.2) is 51.9 Å². The topological polar surface area (TPSA) is 86.4 Å². The van der Waals surface area contributed by atoms with Gasteiger partial charge in [-0.3, -0.25) is 14.3 Å². The lowest BCUT2D eigenvalue weighted by atomic mass is 10.2. The average Bonchev–Trinajstić information content (AvgIpc) is 3.07. The molecule has 0 saturated heterocycles. The molecule has 0 aliphatic carbocycles. The zero-order valence-corrected chi connectivity index (χ0v) is 12.5. The minimum absolute atomic E-state index is 0.0313. The molecule has 0 atom stereocenters. The van der Waals surface area contributed by atoms with Crippen molar-refractivity contribution < 1.29 is 13.9 Å². The van der Waals surface area contributed by atoms with Crippen molar-refractivity contribution in [3.63, 3.8) is 0 Å². The van der Waals surface area contributed by atoms with Gasteiger partial charge in [-0.25, -0.2) is 0 Å². The first kappa shape index (κ1) is 14.8. The molecule has 118 valence electrons. The fourth-order valence-electron chi connectivity index (χ4n) is 2.18. The highest BCUT2D eigenvalue weighted by Gasteiger charge is 2.12. The van der Waals surface area contributed by atoms with E-state index in [1.54, 1.807) is 41.3 Å². The second-order valence-corrected chi connectivity index (χ2v) is 4.86. The van der Waals surface area contributed by atoms with Crippen LogP contribution >= 0.6 is 0 Å². The average molecular weight is 313 g/mol. The van der Waals surface area contributed by atoms with Crippen LogP contribution in [0.3, 0.4) is 0 Å². The Morgan fingerprint density at radius 1 is 1.39 bits per heavy atom. The molecule has 1 N–H and O–H groups in total. The van der Waals surface area contributed by atoms with E-state index in [-0.39, 0.29) is 11.2 Å². The molecule has 3 rings (SSSR count). The van der Waals surface area contributed by atoms with Gasteiger partial charge in [0.25, 0.3) is 5.91 Å². The first-order valence-electron chi connectivity index (χ1n) is 7.05. The quantitative estimate of drug-likeness (QED) is 0.770. The van der Waals surface area contributed by atoms with Crippen molar-refractivity contribution in [3.8, 4) is 5.75 Å². The van der Waals surface area contributed by atoms with Crippen LogP contribution in [0.2, 0.25) is 0 Å². The van der Waals surface area contributed by atoms with E-state index in [0.717, 1.165) is 0 Å². The van der Waals surface area contributed by atoms with E-state index < -0.39 is 5.91 Å². The van der Waals surface area contributed by atoms with E-state index in [2.05, 4.69) is 10.4 Å². The number of amides is 1. The van der Waals surface area contributed by atoms with Gasteiger partial charge < -0.3 is 14.5 Å². The summed E-state index contributed by atoms with van der Waals surface area (Å²) < 4.78 is 12.3. The van der Waals surface area contributed by atoms with E-state index in [1.165, 1.54) is 13.2 Å². The highest BCUT2D eigenvalue weighted by molar-refractivity contribution is 5.93. The smallest absolute Gasteiger partial charge is 0.287 e. The Balaban J connectivity index is 1.78. The Kier molecular flexibility index (Phi) is 4.09. The fourth-order valence-corrected chi connectivity index (χ4v) is 2.18. The standard InChI is InChI=1S/C16H15N3O4/c1-22-11-3-4-12-13(20)10-15(23-14(12)9-11)16(21)17-6-8-19-7-2-5-18-19/h2-5,7,9-10H,6,8H2,1H3,(H,17,21). The summed E-state index contributed by atoms with van der Waals surface area (Å²) in [5.41, 5.74) is 0.0419. The molecule has 7 heteroatoms. The van der Waals surface area contributed by atoms with Crippen LogP contribution < -0.4 is 15.5 Å². The molecule has 0 spiro atoms. The van der Waals surface area contributed by atoms with Gasteiger partial charge in [0, 0.05) is 31.1 Å². The van der Waals surface area contributed by atoms with Gasteiger partial charge in [0.05, 0.1) is 19.0 Å². The van der Waals surface area contributed by atoms with Crippen molar-refractivity contribution in [2.45, 2.75) is 6.54 Å². The second-order valence-electron chi connectivity index (χ2n) is 4.86. The van der Waals surface area contributed by atoms with Crippen LogP contribution in [-0.4, -0.2) is 29.3 Å². The van der Waals surface area contributed by atoms with Gasteiger partial charge in [0.2, 0.25) is 0 Å². The summed E-state index contributed by atoms with van der Waals surface area (Å²) >= 11 is 0. The summed E-state index contributed by atoms with van der Waals surface area (Å²) in [5, 5.41) is 7.13. The maximum atomic E-state index is 12.1.